The Morgan fingerprint density at radius 1 is 1.04 bits per heavy atom. The molecule has 5 nitrogen and oxygen atoms in total. The quantitative estimate of drug-likeness (QED) is 0.734. The first-order valence-corrected chi connectivity index (χ1v) is 7.62. The molecule has 0 atom stereocenters. The van der Waals surface area contributed by atoms with Crippen molar-refractivity contribution in [2.24, 2.45) is 0 Å². The van der Waals surface area contributed by atoms with Gasteiger partial charge in [0, 0.05) is 17.3 Å². The van der Waals surface area contributed by atoms with Crippen LogP contribution < -0.4 is 11.1 Å². The van der Waals surface area contributed by atoms with E-state index in [0.717, 1.165) is 11.1 Å². The molecule has 1 N–H and O–H groups in total. The number of aryl methyl sites for hydroxylation is 1. The first-order valence-electron chi connectivity index (χ1n) is 7.62. The van der Waals surface area contributed by atoms with E-state index >= 15 is 0 Å². The number of ketones is 1. The maximum Gasteiger partial charge on any atom is 0.366 e. The van der Waals surface area contributed by atoms with Gasteiger partial charge in [-0.25, -0.2) is 9.47 Å². The van der Waals surface area contributed by atoms with E-state index in [1.54, 1.807) is 36.5 Å². The van der Waals surface area contributed by atoms with Crippen LogP contribution in [0.2, 0.25) is 0 Å². The summed E-state index contributed by atoms with van der Waals surface area (Å²) in [5.74, 6) is -0.0925. The fourth-order valence-electron chi connectivity index (χ4n) is 2.29. The van der Waals surface area contributed by atoms with Gasteiger partial charge in [-0.15, -0.1) is 0 Å². The van der Waals surface area contributed by atoms with Crippen LogP contribution in [0.5, 0.6) is 0 Å². The van der Waals surface area contributed by atoms with Gasteiger partial charge in [0.15, 0.2) is 5.78 Å². The molecule has 0 spiro atoms. The molecular formula is C19H17N3O2. The number of aromatic nitrogens is 2. The molecule has 0 amide bonds. The molecule has 0 aliphatic carbocycles. The van der Waals surface area contributed by atoms with E-state index < -0.39 is 5.69 Å². The summed E-state index contributed by atoms with van der Waals surface area (Å²) in [6.45, 7) is 2.03. The lowest BCUT2D eigenvalue weighted by atomic mass is 10.1. The summed E-state index contributed by atoms with van der Waals surface area (Å²) in [4.78, 5) is 28.2. The smallest absolute Gasteiger partial charge is 0.314 e. The number of carbonyl (C=O) groups is 1. The van der Waals surface area contributed by atoms with Gasteiger partial charge in [0.25, 0.3) is 0 Å². The minimum Gasteiger partial charge on any atom is -0.314 e. The summed E-state index contributed by atoms with van der Waals surface area (Å²) in [6.07, 6.45) is 1.59. The van der Waals surface area contributed by atoms with Crippen LogP contribution in [-0.4, -0.2) is 22.0 Å². The van der Waals surface area contributed by atoms with E-state index in [1.165, 1.54) is 4.68 Å². The van der Waals surface area contributed by atoms with E-state index in [4.69, 9.17) is 0 Å². The van der Waals surface area contributed by atoms with Crippen molar-refractivity contribution >= 4 is 5.78 Å². The Morgan fingerprint density at radius 2 is 1.75 bits per heavy atom. The van der Waals surface area contributed by atoms with Crippen LogP contribution in [0.25, 0.3) is 11.3 Å². The predicted molar refractivity (Wildman–Crippen MR) is 93.7 cm³/mol. The van der Waals surface area contributed by atoms with E-state index in [0.29, 0.717) is 11.3 Å². The molecule has 0 aliphatic rings. The maximum absolute atomic E-state index is 12.1. The second kappa shape index (κ2) is 6.91. The van der Waals surface area contributed by atoms with Gasteiger partial charge in [-0.2, -0.15) is 4.98 Å². The van der Waals surface area contributed by atoms with Crippen LogP contribution in [0.15, 0.2) is 71.7 Å². The minimum atomic E-state index is -0.450. The largest absolute Gasteiger partial charge is 0.366 e. The zero-order valence-corrected chi connectivity index (χ0v) is 13.3. The van der Waals surface area contributed by atoms with Crippen LogP contribution in [0.1, 0.15) is 15.9 Å². The molecular weight excluding hydrogens is 302 g/mol. The molecule has 0 saturated carbocycles. The van der Waals surface area contributed by atoms with E-state index in [9.17, 15) is 9.59 Å². The fourth-order valence-corrected chi connectivity index (χ4v) is 2.29. The molecule has 0 saturated heterocycles. The van der Waals surface area contributed by atoms with Crippen LogP contribution in [-0.2, 0) is 0 Å². The number of hydrogen-bond donors (Lipinski definition) is 1. The monoisotopic (exact) mass is 319 g/mol. The Morgan fingerprint density at radius 3 is 2.42 bits per heavy atom. The molecule has 0 bridgehead atoms. The summed E-state index contributed by atoms with van der Waals surface area (Å²) >= 11 is 0. The van der Waals surface area contributed by atoms with E-state index in [1.807, 2.05) is 37.3 Å². The Kier molecular flexibility index (Phi) is 4.52. The van der Waals surface area contributed by atoms with Crippen LogP contribution in [0, 0.1) is 6.92 Å². The van der Waals surface area contributed by atoms with Crippen molar-refractivity contribution in [3.63, 3.8) is 0 Å². The van der Waals surface area contributed by atoms with Crippen molar-refractivity contribution in [3.05, 3.63) is 88.5 Å². The number of Topliss-reactive ketones (excluding diaryl/α,β-unsaturated/α-hetero) is 1. The fraction of sp³-hybridized carbons (Fsp3) is 0.105. The first-order chi connectivity index (χ1) is 11.6. The number of hydrogen-bond acceptors (Lipinski definition) is 4. The van der Waals surface area contributed by atoms with Crippen LogP contribution in [0.3, 0.4) is 0 Å². The van der Waals surface area contributed by atoms with Gasteiger partial charge in [0.2, 0.25) is 0 Å². The average Bonchev–Trinajstić information content (AvgIpc) is 2.62. The van der Waals surface area contributed by atoms with Crippen molar-refractivity contribution in [1.29, 1.82) is 0 Å². The van der Waals surface area contributed by atoms with Crippen molar-refractivity contribution in [2.75, 3.05) is 12.0 Å². The molecule has 3 rings (SSSR count). The minimum absolute atomic E-state index is 0.0233. The van der Waals surface area contributed by atoms with Gasteiger partial charge in [-0.1, -0.05) is 60.2 Å². The Bertz CT molecular complexity index is 900. The summed E-state index contributed by atoms with van der Waals surface area (Å²) in [6, 6.07) is 18.5. The Hall–Kier alpha value is -3.21. The summed E-state index contributed by atoms with van der Waals surface area (Å²) in [5.41, 5.74) is 5.57. The molecule has 1 aromatic heterocycles. The highest BCUT2D eigenvalue weighted by Gasteiger charge is 2.06. The lowest BCUT2D eigenvalue weighted by Crippen LogP contribution is -2.33. The van der Waals surface area contributed by atoms with Crippen LogP contribution in [0.4, 0.5) is 0 Å². The third kappa shape index (κ3) is 3.57. The Labute approximate surface area is 139 Å². The second-order valence-corrected chi connectivity index (χ2v) is 5.46. The molecule has 2 aromatic carbocycles. The highest BCUT2D eigenvalue weighted by Crippen LogP contribution is 2.15. The third-order valence-corrected chi connectivity index (χ3v) is 3.66. The molecule has 1 heterocycles. The average molecular weight is 319 g/mol. The zero-order valence-electron chi connectivity index (χ0n) is 13.3. The molecule has 0 radical (unpaired) electrons. The van der Waals surface area contributed by atoms with Crippen molar-refractivity contribution in [1.82, 2.24) is 9.66 Å². The lowest BCUT2D eigenvalue weighted by molar-refractivity contribution is 0.100. The predicted octanol–water partition coefficient (Wildman–Crippen LogP) is 2.65. The van der Waals surface area contributed by atoms with E-state index in [2.05, 4.69) is 10.4 Å². The van der Waals surface area contributed by atoms with Gasteiger partial charge in [-0.3, -0.25) is 4.79 Å². The van der Waals surface area contributed by atoms with Gasteiger partial charge >= 0.3 is 5.69 Å². The normalized spacial score (nSPS) is 10.4. The number of benzene rings is 2. The van der Waals surface area contributed by atoms with Crippen molar-refractivity contribution in [2.45, 2.75) is 6.92 Å². The third-order valence-electron chi connectivity index (χ3n) is 3.66. The highest BCUT2D eigenvalue weighted by molar-refractivity contribution is 5.98. The molecule has 120 valence electrons. The number of nitrogens with one attached hydrogen (secondary N) is 1. The Balaban J connectivity index is 1.72. The van der Waals surface area contributed by atoms with Crippen LogP contribution >= 0.6 is 0 Å². The van der Waals surface area contributed by atoms with Crippen molar-refractivity contribution in [3.8, 4) is 11.3 Å². The highest BCUT2D eigenvalue weighted by atomic mass is 16.2. The van der Waals surface area contributed by atoms with Gasteiger partial charge in [0.05, 0.1) is 12.2 Å². The maximum atomic E-state index is 12.1. The number of carbonyl (C=O) groups excluding carboxylic acids is 1. The van der Waals surface area contributed by atoms with Gasteiger partial charge in [-0.05, 0) is 13.0 Å². The van der Waals surface area contributed by atoms with Gasteiger partial charge < -0.3 is 5.43 Å². The standard InChI is InChI=1S/C19H17N3O2/c1-14-7-9-15(10-8-14)17-11-12-22(19(24)21-17)20-13-18(23)16-5-3-2-4-6-16/h2-12,20H,13H2,1H3. The van der Waals surface area contributed by atoms with E-state index in [-0.39, 0.29) is 12.3 Å². The SMILES string of the molecule is Cc1ccc(-c2ccn(NCC(=O)c3ccccc3)c(=O)n2)cc1. The number of nitrogens with zero attached hydrogens (tertiary/aromatic N) is 2. The topological polar surface area (TPSA) is 64.0 Å². The molecule has 0 fully saturated rings. The molecule has 5 heteroatoms. The molecule has 0 unspecified atom stereocenters. The second-order valence-electron chi connectivity index (χ2n) is 5.46. The molecule has 24 heavy (non-hydrogen) atoms. The first kappa shape index (κ1) is 15.7. The summed E-state index contributed by atoms with van der Waals surface area (Å²) in [7, 11) is 0. The zero-order chi connectivity index (χ0) is 16.9. The summed E-state index contributed by atoms with van der Waals surface area (Å²) < 4.78 is 1.22. The molecule has 3 aromatic rings. The molecule has 0 aliphatic heterocycles. The lowest BCUT2D eigenvalue weighted by Gasteiger charge is -2.09. The number of rotatable bonds is 5. The summed E-state index contributed by atoms with van der Waals surface area (Å²) in [5, 5.41) is 0. The van der Waals surface area contributed by atoms with Crippen molar-refractivity contribution < 1.29 is 4.79 Å². The van der Waals surface area contributed by atoms with Gasteiger partial charge in [0.1, 0.15) is 0 Å².